The molecule has 5 atom stereocenters. The fraction of sp³-hybridized carbons (Fsp3) is 0.522. The van der Waals surface area contributed by atoms with Gasteiger partial charge in [-0.05, 0) is 44.1 Å². The number of hydrogen-bond acceptors (Lipinski definition) is 5. The van der Waals surface area contributed by atoms with Crippen LogP contribution in [-0.4, -0.2) is 29.5 Å². The minimum Gasteiger partial charge on any atom is -0.496 e. The Morgan fingerprint density at radius 2 is 1.89 bits per heavy atom. The Morgan fingerprint density at radius 3 is 2.57 bits per heavy atom. The zero-order valence-corrected chi connectivity index (χ0v) is 17.3. The van der Waals surface area contributed by atoms with Crippen LogP contribution in [-0.2, 0) is 4.74 Å². The van der Waals surface area contributed by atoms with E-state index in [0.717, 1.165) is 12.8 Å². The fourth-order valence-corrected chi connectivity index (χ4v) is 4.94. The highest BCUT2D eigenvalue weighted by molar-refractivity contribution is 5.47. The number of fused-ring (bicyclic) bond motifs is 2. The number of allylic oxidation sites excluding steroid dienone is 4. The number of ether oxygens (including phenoxy) is 2. The minimum absolute atomic E-state index is 0.126. The molecule has 2 heterocycles. The van der Waals surface area contributed by atoms with Crippen LogP contribution in [0.2, 0.25) is 0 Å². The predicted molar refractivity (Wildman–Crippen MR) is 109 cm³/mol. The van der Waals surface area contributed by atoms with Crippen molar-refractivity contribution in [1.29, 1.82) is 0 Å². The molecule has 1 aliphatic heterocycles. The van der Waals surface area contributed by atoms with Crippen molar-refractivity contribution in [2.45, 2.75) is 57.8 Å². The Balaban J connectivity index is 1.66. The molecule has 1 aromatic heterocycles. The van der Waals surface area contributed by atoms with Gasteiger partial charge in [-0.1, -0.05) is 44.2 Å². The van der Waals surface area contributed by atoms with Crippen molar-refractivity contribution in [2.24, 2.45) is 11.3 Å². The molecule has 1 aliphatic carbocycles. The molecule has 0 amide bonds. The molecule has 1 aromatic rings. The lowest BCUT2D eigenvalue weighted by atomic mass is 9.72. The van der Waals surface area contributed by atoms with Crippen molar-refractivity contribution in [3.63, 3.8) is 0 Å². The standard InChI is InChI=1S/C23H30O5/c1-16-14-21(2)15-22(3,28-23(16,4)20(21)25)11-9-7-6-8-10-17-12-18(26-5)13-19(24)27-17/h6-13,16,20,25H,14-15H2,1-5H3/b7-6+,10-8+,11-9+/t16-,20?,21-,22-,23-/m0/s1. The lowest BCUT2D eigenvalue weighted by Crippen LogP contribution is -2.57. The molecule has 5 nitrogen and oxygen atoms in total. The molecule has 1 saturated carbocycles. The van der Waals surface area contributed by atoms with Crippen LogP contribution in [0.3, 0.4) is 0 Å². The molecular weight excluding hydrogens is 356 g/mol. The highest BCUT2D eigenvalue weighted by Crippen LogP contribution is 2.59. The van der Waals surface area contributed by atoms with Gasteiger partial charge in [0.05, 0.1) is 30.5 Å². The summed E-state index contributed by atoms with van der Waals surface area (Å²) in [6, 6.07) is 2.95. The molecule has 5 heteroatoms. The molecule has 1 saturated heterocycles. The molecule has 0 spiro atoms. The smallest absolute Gasteiger partial charge is 0.339 e. The van der Waals surface area contributed by atoms with E-state index in [9.17, 15) is 9.90 Å². The number of rotatable bonds is 5. The van der Waals surface area contributed by atoms with Crippen LogP contribution in [0.25, 0.3) is 6.08 Å². The highest BCUT2D eigenvalue weighted by atomic mass is 16.5. The zero-order chi connectivity index (χ0) is 20.6. The van der Waals surface area contributed by atoms with Gasteiger partial charge in [0.25, 0.3) is 0 Å². The first-order valence-electron chi connectivity index (χ1n) is 9.70. The number of aliphatic hydroxyl groups is 1. The molecular formula is C23H30O5. The van der Waals surface area contributed by atoms with Crippen molar-refractivity contribution in [2.75, 3.05) is 7.11 Å². The van der Waals surface area contributed by atoms with E-state index < -0.39 is 22.9 Å². The van der Waals surface area contributed by atoms with E-state index >= 15 is 0 Å². The Hall–Kier alpha value is -2.11. The van der Waals surface area contributed by atoms with E-state index in [-0.39, 0.29) is 5.41 Å². The largest absolute Gasteiger partial charge is 0.496 e. The fourth-order valence-electron chi connectivity index (χ4n) is 4.94. The summed E-state index contributed by atoms with van der Waals surface area (Å²) in [5, 5.41) is 10.7. The van der Waals surface area contributed by atoms with Crippen LogP contribution >= 0.6 is 0 Å². The Kier molecular flexibility index (Phi) is 5.43. The van der Waals surface area contributed by atoms with Gasteiger partial charge in [0.2, 0.25) is 0 Å². The lowest BCUT2D eigenvalue weighted by Gasteiger charge is -2.50. The van der Waals surface area contributed by atoms with Crippen molar-refractivity contribution in [3.05, 3.63) is 58.7 Å². The summed E-state index contributed by atoms with van der Waals surface area (Å²) < 4.78 is 16.6. The first-order chi connectivity index (χ1) is 13.1. The van der Waals surface area contributed by atoms with Crippen molar-refractivity contribution in [1.82, 2.24) is 0 Å². The monoisotopic (exact) mass is 386 g/mol. The van der Waals surface area contributed by atoms with Gasteiger partial charge in [-0.3, -0.25) is 0 Å². The summed E-state index contributed by atoms with van der Waals surface area (Å²) in [6.45, 7) is 8.43. The van der Waals surface area contributed by atoms with E-state index in [0.29, 0.717) is 17.4 Å². The summed E-state index contributed by atoms with van der Waals surface area (Å²) in [7, 11) is 1.51. The van der Waals surface area contributed by atoms with Gasteiger partial charge in [-0.25, -0.2) is 4.79 Å². The Labute approximate surface area is 166 Å². The minimum atomic E-state index is -0.514. The maximum absolute atomic E-state index is 11.4. The normalized spacial score (nSPS) is 38.1. The highest BCUT2D eigenvalue weighted by Gasteiger charge is 2.63. The third kappa shape index (κ3) is 3.87. The van der Waals surface area contributed by atoms with Crippen LogP contribution in [0.5, 0.6) is 5.75 Å². The van der Waals surface area contributed by atoms with E-state index in [4.69, 9.17) is 13.9 Å². The summed E-state index contributed by atoms with van der Waals surface area (Å²) in [5.41, 5.74) is -1.50. The van der Waals surface area contributed by atoms with Gasteiger partial charge in [-0.2, -0.15) is 0 Å². The Morgan fingerprint density at radius 1 is 1.18 bits per heavy atom. The maximum Gasteiger partial charge on any atom is 0.339 e. The summed E-state index contributed by atoms with van der Waals surface area (Å²) in [4.78, 5) is 11.4. The quantitative estimate of drug-likeness (QED) is 0.771. The molecule has 2 aliphatic rings. The van der Waals surface area contributed by atoms with Crippen LogP contribution < -0.4 is 10.4 Å². The van der Waals surface area contributed by atoms with Crippen LogP contribution in [0, 0.1) is 11.3 Å². The van der Waals surface area contributed by atoms with Crippen molar-refractivity contribution >= 4 is 6.08 Å². The predicted octanol–water partition coefficient (Wildman–Crippen LogP) is 4.12. The van der Waals surface area contributed by atoms with Crippen LogP contribution in [0.15, 0.2) is 51.7 Å². The summed E-state index contributed by atoms with van der Waals surface area (Å²) in [5.74, 6) is 1.22. The molecule has 2 bridgehead atoms. The van der Waals surface area contributed by atoms with Crippen LogP contribution in [0.4, 0.5) is 0 Å². The molecule has 1 N–H and O–H groups in total. The molecule has 0 aromatic carbocycles. The van der Waals surface area contributed by atoms with Gasteiger partial charge in [-0.15, -0.1) is 0 Å². The number of methoxy groups -OCH3 is 1. The van der Waals surface area contributed by atoms with Crippen molar-refractivity contribution < 1.29 is 19.0 Å². The van der Waals surface area contributed by atoms with Gasteiger partial charge in [0.1, 0.15) is 11.5 Å². The molecule has 1 unspecified atom stereocenters. The Bertz CT molecular complexity index is 866. The maximum atomic E-state index is 11.4. The second kappa shape index (κ2) is 7.37. The molecule has 28 heavy (non-hydrogen) atoms. The van der Waals surface area contributed by atoms with Gasteiger partial charge < -0.3 is 19.0 Å². The average molecular weight is 386 g/mol. The van der Waals surface area contributed by atoms with Gasteiger partial charge >= 0.3 is 5.63 Å². The molecule has 3 rings (SSSR count). The zero-order valence-electron chi connectivity index (χ0n) is 17.3. The van der Waals surface area contributed by atoms with E-state index in [2.05, 4.69) is 26.8 Å². The lowest BCUT2D eigenvalue weighted by molar-refractivity contribution is -0.228. The third-order valence-corrected chi connectivity index (χ3v) is 6.20. The first-order valence-corrected chi connectivity index (χ1v) is 9.70. The number of aliphatic hydroxyl groups excluding tert-OH is 1. The third-order valence-electron chi connectivity index (χ3n) is 6.20. The second-order valence-electron chi connectivity index (χ2n) is 8.76. The van der Waals surface area contributed by atoms with E-state index in [1.165, 1.54) is 13.2 Å². The average Bonchev–Trinajstić information content (AvgIpc) is 2.71. The summed E-state index contributed by atoms with van der Waals surface area (Å²) >= 11 is 0. The van der Waals surface area contributed by atoms with E-state index in [1.807, 2.05) is 25.2 Å². The molecule has 152 valence electrons. The number of hydrogen-bond donors (Lipinski definition) is 1. The van der Waals surface area contributed by atoms with Gasteiger partial charge in [0.15, 0.2) is 0 Å². The van der Waals surface area contributed by atoms with Crippen molar-refractivity contribution in [3.8, 4) is 5.75 Å². The SMILES string of the molecule is COc1cc(/C=C/C=C/C=C/[C@@]2(C)C[C@]3(C)C[C@H](C)[C@](C)(O2)C3O)oc(=O)c1. The van der Waals surface area contributed by atoms with Crippen LogP contribution in [0.1, 0.15) is 46.3 Å². The molecule has 0 radical (unpaired) electrons. The molecule has 2 fully saturated rings. The topological polar surface area (TPSA) is 68.9 Å². The summed E-state index contributed by atoms with van der Waals surface area (Å²) in [6.07, 6.45) is 12.6. The van der Waals surface area contributed by atoms with E-state index in [1.54, 1.807) is 18.2 Å². The second-order valence-corrected chi connectivity index (χ2v) is 8.76. The first kappa shape index (κ1) is 20.6. The van der Waals surface area contributed by atoms with Gasteiger partial charge in [0, 0.05) is 6.07 Å².